The highest BCUT2D eigenvalue weighted by atomic mass is 16.5. The van der Waals surface area contributed by atoms with Crippen molar-refractivity contribution in [3.05, 3.63) is 89.0 Å². The number of hydrogen-bond acceptors (Lipinski definition) is 2. The average Bonchev–Trinajstić information content (AvgIpc) is 2.79. The number of nitrogens with two attached hydrogens (primary N) is 1. The first-order chi connectivity index (χ1) is 15.1. The molecule has 0 heterocycles. The summed E-state index contributed by atoms with van der Waals surface area (Å²) in [4.78, 5) is 0. The van der Waals surface area contributed by atoms with Crippen molar-refractivity contribution in [1.29, 1.82) is 0 Å². The molecule has 31 heavy (non-hydrogen) atoms. The van der Waals surface area contributed by atoms with Gasteiger partial charge in [0.2, 0.25) is 0 Å². The van der Waals surface area contributed by atoms with Gasteiger partial charge in [0.15, 0.2) is 0 Å². The van der Waals surface area contributed by atoms with Crippen LogP contribution in [0.1, 0.15) is 55.4 Å². The molecule has 0 spiro atoms. The molecule has 0 aromatic heterocycles. The average molecular weight is 416 g/mol. The Bertz CT molecular complexity index is 928. The van der Waals surface area contributed by atoms with Crippen LogP contribution in [0.5, 0.6) is 5.75 Å². The van der Waals surface area contributed by atoms with Gasteiger partial charge in [0.25, 0.3) is 0 Å². The van der Waals surface area contributed by atoms with Crippen molar-refractivity contribution in [2.75, 3.05) is 6.54 Å². The first-order valence-electron chi connectivity index (χ1n) is 11.7. The highest BCUT2D eigenvalue weighted by molar-refractivity contribution is 5.63. The van der Waals surface area contributed by atoms with E-state index in [1.54, 1.807) is 0 Å². The van der Waals surface area contributed by atoms with Gasteiger partial charge in [-0.05, 0) is 85.0 Å². The molecule has 0 bridgehead atoms. The van der Waals surface area contributed by atoms with Crippen LogP contribution >= 0.6 is 0 Å². The Labute approximate surface area is 188 Å². The Balaban J connectivity index is 0.000000858. The summed E-state index contributed by atoms with van der Waals surface area (Å²) in [6, 6.07) is 23.9. The van der Waals surface area contributed by atoms with Gasteiger partial charge in [-0.3, -0.25) is 0 Å². The van der Waals surface area contributed by atoms with Crippen LogP contribution in [0.3, 0.4) is 0 Å². The van der Waals surface area contributed by atoms with Gasteiger partial charge in [-0.1, -0.05) is 80.4 Å². The van der Waals surface area contributed by atoms with Crippen molar-refractivity contribution >= 4 is 0 Å². The molecule has 0 amide bonds. The van der Waals surface area contributed by atoms with Gasteiger partial charge < -0.3 is 10.5 Å². The lowest BCUT2D eigenvalue weighted by molar-refractivity contribution is 0.305. The van der Waals surface area contributed by atoms with Crippen molar-refractivity contribution in [3.63, 3.8) is 0 Å². The number of ether oxygens (including phenoxy) is 1. The standard InChI is InChI=1S/C26H29NO.C3H8/c1-19-2-7-22(8-3-19)23-9-5-21(6-10-23)18-28-26-13-12-24-16-20(14-15-27)4-11-25(24)17-26;1-3-2/h2-3,5-10,12-13,17,20H,4,11,14-16,18,27H2,1H3;3H2,1-2H3. The highest BCUT2D eigenvalue weighted by Gasteiger charge is 2.18. The monoisotopic (exact) mass is 415 g/mol. The molecule has 2 nitrogen and oxygen atoms in total. The molecule has 0 saturated carbocycles. The Morgan fingerprint density at radius 2 is 1.52 bits per heavy atom. The molecule has 2 heteroatoms. The molecule has 4 rings (SSSR count). The lowest BCUT2D eigenvalue weighted by atomic mass is 9.82. The van der Waals surface area contributed by atoms with Crippen LogP contribution in [0.4, 0.5) is 0 Å². The van der Waals surface area contributed by atoms with Crippen molar-refractivity contribution in [2.45, 2.75) is 59.5 Å². The predicted molar refractivity (Wildman–Crippen MR) is 133 cm³/mol. The van der Waals surface area contributed by atoms with E-state index in [4.69, 9.17) is 10.5 Å². The lowest BCUT2D eigenvalue weighted by Gasteiger charge is -2.24. The second kappa shape index (κ2) is 11.7. The molecule has 3 aromatic carbocycles. The van der Waals surface area contributed by atoms with Crippen LogP contribution in [-0.2, 0) is 19.4 Å². The van der Waals surface area contributed by atoms with Crippen molar-refractivity contribution in [1.82, 2.24) is 0 Å². The molecule has 1 atom stereocenters. The first kappa shape index (κ1) is 23.1. The Kier molecular flexibility index (Phi) is 8.73. The minimum atomic E-state index is 0.600. The Morgan fingerprint density at radius 1 is 0.871 bits per heavy atom. The molecule has 164 valence electrons. The van der Waals surface area contributed by atoms with Crippen LogP contribution in [0, 0.1) is 12.8 Å². The minimum Gasteiger partial charge on any atom is -0.489 e. The fourth-order valence-corrected chi connectivity index (χ4v) is 4.08. The fourth-order valence-electron chi connectivity index (χ4n) is 4.08. The van der Waals surface area contributed by atoms with Crippen molar-refractivity contribution < 1.29 is 4.74 Å². The predicted octanol–water partition coefficient (Wildman–Crippen LogP) is 7.11. The zero-order valence-electron chi connectivity index (χ0n) is 19.4. The van der Waals surface area contributed by atoms with E-state index >= 15 is 0 Å². The largest absolute Gasteiger partial charge is 0.489 e. The number of aryl methyl sites for hydroxylation is 2. The van der Waals surface area contributed by atoms with Crippen molar-refractivity contribution in [2.24, 2.45) is 11.7 Å². The number of benzene rings is 3. The van der Waals surface area contributed by atoms with Crippen LogP contribution in [0.2, 0.25) is 0 Å². The zero-order chi connectivity index (χ0) is 22.1. The van der Waals surface area contributed by atoms with Crippen LogP contribution in [-0.4, -0.2) is 6.54 Å². The Morgan fingerprint density at radius 3 is 2.16 bits per heavy atom. The van der Waals surface area contributed by atoms with Gasteiger partial charge in [-0.15, -0.1) is 0 Å². The van der Waals surface area contributed by atoms with E-state index in [1.165, 1.54) is 46.2 Å². The van der Waals surface area contributed by atoms with Gasteiger partial charge in [0.1, 0.15) is 12.4 Å². The van der Waals surface area contributed by atoms with E-state index in [-0.39, 0.29) is 0 Å². The molecule has 0 saturated heterocycles. The van der Waals surface area contributed by atoms with E-state index in [9.17, 15) is 0 Å². The van der Waals surface area contributed by atoms with Gasteiger partial charge in [-0.2, -0.15) is 0 Å². The quantitative estimate of drug-likeness (QED) is 0.465. The maximum atomic E-state index is 6.07. The van der Waals surface area contributed by atoms with Crippen LogP contribution < -0.4 is 10.5 Å². The molecular weight excluding hydrogens is 378 g/mol. The van der Waals surface area contributed by atoms with Crippen LogP contribution in [0.25, 0.3) is 11.1 Å². The zero-order valence-corrected chi connectivity index (χ0v) is 19.4. The van der Waals surface area contributed by atoms with Crippen molar-refractivity contribution in [3.8, 4) is 16.9 Å². The summed E-state index contributed by atoms with van der Waals surface area (Å²) in [7, 11) is 0. The van der Waals surface area contributed by atoms with Gasteiger partial charge in [-0.25, -0.2) is 0 Å². The summed E-state index contributed by atoms with van der Waals surface area (Å²) >= 11 is 0. The highest BCUT2D eigenvalue weighted by Crippen LogP contribution is 2.30. The van der Waals surface area contributed by atoms with E-state index in [1.807, 2.05) is 0 Å². The van der Waals surface area contributed by atoms with E-state index in [0.29, 0.717) is 6.61 Å². The fraction of sp³-hybridized carbons (Fsp3) is 0.379. The first-order valence-corrected chi connectivity index (χ1v) is 11.7. The summed E-state index contributed by atoms with van der Waals surface area (Å²) in [6.45, 7) is 7.76. The maximum absolute atomic E-state index is 6.07. The molecule has 1 aliphatic rings. The third-order valence-electron chi connectivity index (χ3n) is 5.83. The topological polar surface area (TPSA) is 35.2 Å². The van der Waals surface area contributed by atoms with E-state index in [0.717, 1.165) is 37.5 Å². The summed E-state index contributed by atoms with van der Waals surface area (Å²) in [6.07, 6.45) is 5.93. The normalized spacial score (nSPS) is 14.9. The molecular formula is C29H37NO. The number of rotatable bonds is 6. The second-order valence-electron chi connectivity index (χ2n) is 8.68. The van der Waals surface area contributed by atoms with E-state index < -0.39 is 0 Å². The summed E-state index contributed by atoms with van der Waals surface area (Å²) in [5, 5.41) is 0. The summed E-state index contributed by atoms with van der Waals surface area (Å²) in [5.41, 5.74) is 13.6. The molecule has 1 unspecified atom stereocenters. The molecule has 0 radical (unpaired) electrons. The Hall–Kier alpha value is -2.58. The third kappa shape index (κ3) is 6.70. The third-order valence-corrected chi connectivity index (χ3v) is 5.83. The second-order valence-corrected chi connectivity index (χ2v) is 8.68. The minimum absolute atomic E-state index is 0.600. The summed E-state index contributed by atoms with van der Waals surface area (Å²) < 4.78 is 6.07. The van der Waals surface area contributed by atoms with Gasteiger partial charge in [0, 0.05) is 0 Å². The number of hydrogen-bond donors (Lipinski definition) is 1. The molecule has 3 aromatic rings. The summed E-state index contributed by atoms with van der Waals surface area (Å²) in [5.74, 6) is 1.72. The molecule has 2 N–H and O–H groups in total. The molecule has 0 aliphatic heterocycles. The SMILES string of the molecule is CCC.Cc1ccc(-c2ccc(COc3ccc4c(c3)CCC(CCN)C4)cc2)cc1. The smallest absolute Gasteiger partial charge is 0.120 e. The van der Waals surface area contributed by atoms with Gasteiger partial charge >= 0.3 is 0 Å². The number of fused-ring (bicyclic) bond motifs is 1. The van der Waals surface area contributed by atoms with Gasteiger partial charge in [0.05, 0.1) is 0 Å². The van der Waals surface area contributed by atoms with E-state index in [2.05, 4.69) is 87.5 Å². The lowest BCUT2D eigenvalue weighted by Crippen LogP contribution is -2.17. The van der Waals surface area contributed by atoms with Crippen LogP contribution in [0.15, 0.2) is 66.7 Å². The molecule has 1 aliphatic carbocycles. The molecule has 0 fully saturated rings. The maximum Gasteiger partial charge on any atom is 0.120 e.